The number of hydrogen-bond donors (Lipinski definition) is 1. The second-order valence-corrected chi connectivity index (χ2v) is 5.32. The van der Waals surface area contributed by atoms with Crippen LogP contribution in [0.2, 0.25) is 0 Å². The average molecular weight is 284 g/mol. The van der Waals surface area contributed by atoms with Gasteiger partial charge in [-0.25, -0.2) is 0 Å². The Bertz CT molecular complexity index is 554. The van der Waals surface area contributed by atoms with E-state index in [1.54, 1.807) is 7.11 Å². The van der Waals surface area contributed by atoms with E-state index < -0.39 is 0 Å². The van der Waals surface area contributed by atoms with Crippen molar-refractivity contribution in [3.63, 3.8) is 0 Å². The summed E-state index contributed by atoms with van der Waals surface area (Å²) in [6.07, 6.45) is 5.76. The van der Waals surface area contributed by atoms with E-state index >= 15 is 0 Å². The van der Waals surface area contributed by atoms with Crippen LogP contribution in [-0.2, 0) is 6.42 Å². The summed E-state index contributed by atoms with van der Waals surface area (Å²) in [6, 6.07) is 10.7. The van der Waals surface area contributed by atoms with Crippen molar-refractivity contribution in [3.05, 3.63) is 59.4 Å². The number of ether oxygens (including phenoxy) is 1. The van der Waals surface area contributed by atoms with Gasteiger partial charge in [-0.1, -0.05) is 30.7 Å². The molecule has 3 heteroatoms. The van der Waals surface area contributed by atoms with Crippen molar-refractivity contribution >= 4 is 0 Å². The Morgan fingerprint density at radius 2 is 2.14 bits per heavy atom. The van der Waals surface area contributed by atoms with Gasteiger partial charge in [0.1, 0.15) is 5.75 Å². The summed E-state index contributed by atoms with van der Waals surface area (Å²) in [4.78, 5) is 4.21. The van der Waals surface area contributed by atoms with Crippen LogP contribution >= 0.6 is 0 Å². The van der Waals surface area contributed by atoms with E-state index in [4.69, 9.17) is 4.74 Å². The Labute approximate surface area is 127 Å². The van der Waals surface area contributed by atoms with Crippen LogP contribution in [0.5, 0.6) is 5.75 Å². The molecule has 0 aliphatic rings. The third-order valence-corrected chi connectivity index (χ3v) is 3.56. The van der Waals surface area contributed by atoms with Gasteiger partial charge in [-0.15, -0.1) is 0 Å². The van der Waals surface area contributed by atoms with Gasteiger partial charge in [-0.2, -0.15) is 0 Å². The predicted molar refractivity (Wildman–Crippen MR) is 86.7 cm³/mol. The third kappa shape index (κ3) is 4.30. The summed E-state index contributed by atoms with van der Waals surface area (Å²) in [5.74, 6) is 0.943. The highest BCUT2D eigenvalue weighted by Crippen LogP contribution is 2.28. The van der Waals surface area contributed by atoms with Crippen LogP contribution in [0.25, 0.3) is 0 Å². The standard InChI is InChI=1S/C18H24N2O/c1-4-9-20-17(12-15-6-5-10-19-13-15)16-11-14(2)7-8-18(16)21-3/h5-8,10-11,13,17,20H,4,9,12H2,1-3H3. The molecule has 112 valence electrons. The lowest BCUT2D eigenvalue weighted by molar-refractivity contribution is 0.398. The van der Waals surface area contributed by atoms with Crippen molar-refractivity contribution in [2.75, 3.05) is 13.7 Å². The Morgan fingerprint density at radius 1 is 1.29 bits per heavy atom. The van der Waals surface area contributed by atoms with Gasteiger partial charge in [0.15, 0.2) is 0 Å². The third-order valence-electron chi connectivity index (χ3n) is 3.56. The molecule has 1 atom stereocenters. The number of benzene rings is 1. The maximum atomic E-state index is 5.54. The van der Waals surface area contributed by atoms with E-state index in [2.05, 4.69) is 48.4 Å². The van der Waals surface area contributed by atoms with E-state index in [-0.39, 0.29) is 6.04 Å². The number of pyridine rings is 1. The molecular formula is C18H24N2O. The molecule has 0 saturated carbocycles. The Balaban J connectivity index is 2.28. The lowest BCUT2D eigenvalue weighted by Crippen LogP contribution is -2.24. The first-order chi connectivity index (χ1) is 10.2. The number of nitrogens with one attached hydrogen (secondary N) is 1. The molecule has 3 nitrogen and oxygen atoms in total. The summed E-state index contributed by atoms with van der Waals surface area (Å²) in [7, 11) is 1.73. The molecule has 0 bridgehead atoms. The smallest absolute Gasteiger partial charge is 0.123 e. The molecular weight excluding hydrogens is 260 g/mol. The second kappa shape index (κ2) is 7.79. The fourth-order valence-corrected chi connectivity index (χ4v) is 2.49. The molecule has 0 fully saturated rings. The van der Waals surface area contributed by atoms with Crippen molar-refractivity contribution < 1.29 is 4.74 Å². The van der Waals surface area contributed by atoms with Gasteiger partial charge in [0.25, 0.3) is 0 Å². The highest BCUT2D eigenvalue weighted by atomic mass is 16.5. The van der Waals surface area contributed by atoms with Crippen LogP contribution in [0.1, 0.15) is 36.1 Å². The number of methoxy groups -OCH3 is 1. The average Bonchev–Trinajstić information content (AvgIpc) is 2.52. The van der Waals surface area contributed by atoms with Gasteiger partial charge >= 0.3 is 0 Å². The summed E-state index contributed by atoms with van der Waals surface area (Å²) in [5.41, 5.74) is 3.70. The zero-order valence-corrected chi connectivity index (χ0v) is 13.1. The molecule has 0 amide bonds. The van der Waals surface area contributed by atoms with Crippen LogP contribution in [0.3, 0.4) is 0 Å². The molecule has 0 spiro atoms. The number of aryl methyl sites for hydroxylation is 1. The minimum Gasteiger partial charge on any atom is -0.496 e. The predicted octanol–water partition coefficient (Wildman–Crippen LogP) is 3.68. The molecule has 1 unspecified atom stereocenters. The second-order valence-electron chi connectivity index (χ2n) is 5.32. The maximum Gasteiger partial charge on any atom is 0.123 e. The number of nitrogens with zero attached hydrogens (tertiary/aromatic N) is 1. The van der Waals surface area contributed by atoms with Crippen LogP contribution < -0.4 is 10.1 Å². The van der Waals surface area contributed by atoms with Gasteiger partial charge in [-0.3, -0.25) is 4.98 Å². The zero-order chi connectivity index (χ0) is 15.1. The largest absolute Gasteiger partial charge is 0.496 e. The first-order valence-corrected chi connectivity index (χ1v) is 7.51. The van der Waals surface area contributed by atoms with E-state index in [0.29, 0.717) is 0 Å². The Hall–Kier alpha value is -1.87. The zero-order valence-electron chi connectivity index (χ0n) is 13.1. The molecule has 1 heterocycles. The van der Waals surface area contributed by atoms with Gasteiger partial charge in [0, 0.05) is 24.0 Å². The number of aromatic nitrogens is 1. The summed E-state index contributed by atoms with van der Waals surface area (Å²) in [6.45, 7) is 5.29. The molecule has 0 aliphatic heterocycles. The molecule has 21 heavy (non-hydrogen) atoms. The van der Waals surface area contributed by atoms with E-state index in [1.165, 1.54) is 16.7 Å². The monoisotopic (exact) mass is 284 g/mol. The first-order valence-electron chi connectivity index (χ1n) is 7.51. The highest BCUT2D eigenvalue weighted by Gasteiger charge is 2.16. The lowest BCUT2D eigenvalue weighted by atomic mass is 9.97. The van der Waals surface area contributed by atoms with Crippen LogP contribution in [0, 0.1) is 6.92 Å². The molecule has 1 N–H and O–H groups in total. The molecule has 2 rings (SSSR count). The van der Waals surface area contributed by atoms with Crippen molar-refractivity contribution in [1.82, 2.24) is 10.3 Å². The lowest BCUT2D eigenvalue weighted by Gasteiger charge is -2.22. The molecule has 0 aliphatic carbocycles. The topological polar surface area (TPSA) is 34.2 Å². The summed E-state index contributed by atoms with van der Waals surface area (Å²) in [5, 5.41) is 3.63. The molecule has 0 saturated heterocycles. The van der Waals surface area contributed by atoms with Crippen LogP contribution in [-0.4, -0.2) is 18.6 Å². The molecule has 0 radical (unpaired) electrons. The highest BCUT2D eigenvalue weighted by molar-refractivity contribution is 5.40. The summed E-state index contributed by atoms with van der Waals surface area (Å²) >= 11 is 0. The van der Waals surface area contributed by atoms with Crippen LogP contribution in [0.15, 0.2) is 42.7 Å². The number of hydrogen-bond acceptors (Lipinski definition) is 3. The SMILES string of the molecule is CCCNC(Cc1cccnc1)c1cc(C)ccc1OC. The van der Waals surface area contributed by atoms with Gasteiger partial charge < -0.3 is 10.1 Å². The summed E-state index contributed by atoms with van der Waals surface area (Å²) < 4.78 is 5.54. The van der Waals surface area contributed by atoms with Crippen LogP contribution in [0.4, 0.5) is 0 Å². The van der Waals surface area contributed by atoms with Gasteiger partial charge in [0.05, 0.1) is 7.11 Å². The maximum absolute atomic E-state index is 5.54. The van der Waals surface area contributed by atoms with Gasteiger partial charge in [0.2, 0.25) is 0 Å². The van der Waals surface area contributed by atoms with Crippen molar-refractivity contribution in [2.24, 2.45) is 0 Å². The fraction of sp³-hybridized carbons (Fsp3) is 0.389. The minimum absolute atomic E-state index is 0.240. The Morgan fingerprint density at radius 3 is 2.81 bits per heavy atom. The normalized spacial score (nSPS) is 12.1. The van der Waals surface area contributed by atoms with Crippen molar-refractivity contribution in [2.45, 2.75) is 32.7 Å². The van der Waals surface area contributed by atoms with Gasteiger partial charge in [-0.05, 0) is 44.0 Å². The van der Waals surface area contributed by atoms with E-state index in [9.17, 15) is 0 Å². The fourth-order valence-electron chi connectivity index (χ4n) is 2.49. The molecule has 2 aromatic rings. The number of rotatable bonds is 7. The first kappa shape index (κ1) is 15.5. The quantitative estimate of drug-likeness (QED) is 0.842. The molecule has 1 aromatic carbocycles. The van der Waals surface area contributed by atoms with Crippen molar-refractivity contribution in [1.29, 1.82) is 0 Å². The van der Waals surface area contributed by atoms with E-state index in [0.717, 1.165) is 25.1 Å². The molecule has 1 aromatic heterocycles. The minimum atomic E-state index is 0.240. The van der Waals surface area contributed by atoms with Crippen molar-refractivity contribution in [3.8, 4) is 5.75 Å². The van der Waals surface area contributed by atoms with E-state index in [1.807, 2.05) is 18.5 Å². The Kier molecular flexibility index (Phi) is 5.76.